The molecule has 6 nitrogen and oxygen atoms in total. The molecule has 0 aliphatic rings. The maximum Gasteiger partial charge on any atom is 0.316 e. The topological polar surface area (TPSA) is 79.6 Å². The van der Waals surface area contributed by atoms with Crippen LogP contribution in [0.15, 0.2) is 59.3 Å². The second-order valence-electron chi connectivity index (χ2n) is 5.53. The number of aromatic nitrogens is 4. The Hall–Kier alpha value is -3.15. The first-order chi connectivity index (χ1) is 11.8. The van der Waals surface area contributed by atoms with Gasteiger partial charge in [0, 0.05) is 17.8 Å². The van der Waals surface area contributed by atoms with E-state index in [0.717, 1.165) is 23.0 Å². The number of H-pyrrole nitrogens is 1. The summed E-state index contributed by atoms with van der Waals surface area (Å²) in [6.07, 6.45) is 4.50. The number of rotatable bonds is 5. The van der Waals surface area contributed by atoms with Gasteiger partial charge in [-0.05, 0) is 24.1 Å². The molecule has 0 spiro atoms. The number of nitrogens with one attached hydrogen (secondary N) is 2. The Morgan fingerprint density at radius 1 is 1.12 bits per heavy atom. The van der Waals surface area contributed by atoms with Gasteiger partial charge in [-0.1, -0.05) is 42.4 Å². The molecule has 3 heterocycles. The summed E-state index contributed by atoms with van der Waals surface area (Å²) in [7, 11) is 0. The SMILES string of the molecule is CC[C@@H](Nc1nnc(-c2c[nH]c3ncccc23)o1)c1ccccc1. The minimum atomic E-state index is 0.129. The van der Waals surface area contributed by atoms with Gasteiger partial charge < -0.3 is 14.7 Å². The zero-order valence-electron chi connectivity index (χ0n) is 13.2. The molecule has 0 aliphatic carbocycles. The summed E-state index contributed by atoms with van der Waals surface area (Å²) < 4.78 is 5.81. The Kier molecular flexibility index (Phi) is 3.70. The van der Waals surface area contributed by atoms with E-state index in [-0.39, 0.29) is 6.04 Å². The van der Waals surface area contributed by atoms with Gasteiger partial charge in [0.25, 0.3) is 5.89 Å². The van der Waals surface area contributed by atoms with Crippen LogP contribution in [0.3, 0.4) is 0 Å². The number of nitrogens with zero attached hydrogens (tertiary/aromatic N) is 3. The molecule has 2 N–H and O–H groups in total. The molecule has 1 atom stereocenters. The molecule has 4 aromatic rings. The fraction of sp³-hybridized carbons (Fsp3) is 0.167. The number of fused-ring (bicyclic) bond motifs is 1. The van der Waals surface area contributed by atoms with Crippen molar-refractivity contribution in [1.82, 2.24) is 20.2 Å². The van der Waals surface area contributed by atoms with Gasteiger partial charge in [-0.25, -0.2) is 4.98 Å². The molecule has 0 fully saturated rings. The number of benzene rings is 1. The van der Waals surface area contributed by atoms with Gasteiger partial charge in [0.1, 0.15) is 5.65 Å². The molecule has 4 rings (SSSR count). The van der Waals surface area contributed by atoms with E-state index in [1.165, 1.54) is 5.56 Å². The number of hydrogen-bond donors (Lipinski definition) is 2. The first-order valence-corrected chi connectivity index (χ1v) is 7.92. The predicted octanol–water partition coefficient (Wildman–Crippen LogP) is 4.18. The van der Waals surface area contributed by atoms with Crippen molar-refractivity contribution in [3.05, 3.63) is 60.4 Å². The first kappa shape index (κ1) is 14.4. The lowest BCUT2D eigenvalue weighted by molar-refractivity contribution is 0.566. The van der Waals surface area contributed by atoms with Crippen LogP contribution < -0.4 is 5.32 Å². The summed E-state index contributed by atoms with van der Waals surface area (Å²) in [5, 5.41) is 12.6. The van der Waals surface area contributed by atoms with Crippen molar-refractivity contribution >= 4 is 17.0 Å². The molecule has 0 saturated carbocycles. The van der Waals surface area contributed by atoms with Gasteiger partial charge in [-0.15, -0.1) is 5.10 Å². The van der Waals surface area contributed by atoms with E-state index in [2.05, 4.69) is 44.5 Å². The molecular weight excluding hydrogens is 302 g/mol. The third kappa shape index (κ3) is 2.62. The fourth-order valence-electron chi connectivity index (χ4n) is 2.78. The van der Waals surface area contributed by atoms with Crippen LogP contribution in [0.2, 0.25) is 0 Å². The highest BCUT2D eigenvalue weighted by molar-refractivity contribution is 5.90. The minimum Gasteiger partial charge on any atom is -0.403 e. The molecule has 120 valence electrons. The smallest absolute Gasteiger partial charge is 0.316 e. The van der Waals surface area contributed by atoms with Gasteiger partial charge in [0.2, 0.25) is 0 Å². The molecule has 0 bridgehead atoms. The quantitative estimate of drug-likeness (QED) is 0.577. The van der Waals surface area contributed by atoms with Gasteiger partial charge in [-0.3, -0.25) is 0 Å². The number of hydrogen-bond acceptors (Lipinski definition) is 5. The van der Waals surface area contributed by atoms with Crippen molar-refractivity contribution in [2.45, 2.75) is 19.4 Å². The fourth-order valence-corrected chi connectivity index (χ4v) is 2.78. The van der Waals surface area contributed by atoms with Crippen molar-refractivity contribution in [1.29, 1.82) is 0 Å². The van der Waals surface area contributed by atoms with Crippen LogP contribution in [0.25, 0.3) is 22.5 Å². The Morgan fingerprint density at radius 2 is 2.00 bits per heavy atom. The van der Waals surface area contributed by atoms with E-state index in [9.17, 15) is 0 Å². The average molecular weight is 319 g/mol. The lowest BCUT2D eigenvalue weighted by atomic mass is 10.1. The summed E-state index contributed by atoms with van der Waals surface area (Å²) in [6, 6.07) is 14.6. The maximum absolute atomic E-state index is 5.81. The second kappa shape index (κ2) is 6.16. The molecule has 1 aromatic carbocycles. The van der Waals surface area contributed by atoms with E-state index in [1.54, 1.807) is 6.20 Å². The van der Waals surface area contributed by atoms with E-state index in [1.807, 2.05) is 36.5 Å². The van der Waals surface area contributed by atoms with Crippen molar-refractivity contribution in [2.75, 3.05) is 5.32 Å². The molecular formula is C18H17N5O. The lowest BCUT2D eigenvalue weighted by Gasteiger charge is -2.15. The molecule has 0 aliphatic heterocycles. The highest BCUT2D eigenvalue weighted by Crippen LogP contribution is 2.29. The Labute approximate surface area is 139 Å². The van der Waals surface area contributed by atoms with E-state index in [4.69, 9.17) is 4.42 Å². The highest BCUT2D eigenvalue weighted by Gasteiger charge is 2.16. The molecule has 0 unspecified atom stereocenters. The van der Waals surface area contributed by atoms with Crippen molar-refractivity contribution in [3.63, 3.8) is 0 Å². The van der Waals surface area contributed by atoms with E-state index < -0.39 is 0 Å². The normalized spacial score (nSPS) is 12.4. The van der Waals surface area contributed by atoms with Crippen LogP contribution in [0.4, 0.5) is 6.01 Å². The molecule has 3 aromatic heterocycles. The van der Waals surface area contributed by atoms with Gasteiger partial charge >= 0.3 is 6.01 Å². The Balaban J connectivity index is 1.61. The Bertz CT molecular complexity index is 944. The van der Waals surface area contributed by atoms with Gasteiger partial charge in [0.15, 0.2) is 0 Å². The summed E-state index contributed by atoms with van der Waals surface area (Å²) in [6.45, 7) is 2.12. The van der Waals surface area contributed by atoms with Gasteiger partial charge in [-0.2, -0.15) is 0 Å². The monoisotopic (exact) mass is 319 g/mol. The van der Waals surface area contributed by atoms with Crippen LogP contribution >= 0.6 is 0 Å². The van der Waals surface area contributed by atoms with Crippen LogP contribution in [0.1, 0.15) is 24.9 Å². The summed E-state index contributed by atoms with van der Waals surface area (Å²) in [4.78, 5) is 7.39. The highest BCUT2D eigenvalue weighted by atomic mass is 16.4. The molecule has 6 heteroatoms. The molecule has 0 radical (unpaired) electrons. The predicted molar refractivity (Wildman–Crippen MR) is 92.5 cm³/mol. The summed E-state index contributed by atoms with van der Waals surface area (Å²) in [5.74, 6) is 0.472. The van der Waals surface area contributed by atoms with Crippen LogP contribution in [0.5, 0.6) is 0 Å². The van der Waals surface area contributed by atoms with Gasteiger partial charge in [0.05, 0.1) is 11.6 Å². The molecule has 0 saturated heterocycles. The van der Waals surface area contributed by atoms with Crippen LogP contribution in [-0.4, -0.2) is 20.2 Å². The molecule has 24 heavy (non-hydrogen) atoms. The van der Waals surface area contributed by atoms with Crippen molar-refractivity contribution in [3.8, 4) is 11.5 Å². The third-order valence-electron chi connectivity index (χ3n) is 4.01. The largest absolute Gasteiger partial charge is 0.403 e. The van der Waals surface area contributed by atoms with E-state index in [0.29, 0.717) is 11.9 Å². The maximum atomic E-state index is 5.81. The first-order valence-electron chi connectivity index (χ1n) is 7.92. The average Bonchev–Trinajstić information content (AvgIpc) is 3.27. The van der Waals surface area contributed by atoms with Crippen molar-refractivity contribution < 1.29 is 4.42 Å². The summed E-state index contributed by atoms with van der Waals surface area (Å²) in [5.41, 5.74) is 2.85. The zero-order valence-corrected chi connectivity index (χ0v) is 13.2. The standard InChI is InChI=1S/C18H17N5O/c1-2-15(12-7-4-3-5-8-12)21-18-23-22-17(24-18)14-11-20-16-13(14)9-6-10-19-16/h3-11,15H,2H2,1H3,(H,19,20)(H,21,23)/t15-/m1/s1. The van der Waals surface area contributed by atoms with Crippen LogP contribution in [0, 0.1) is 0 Å². The summed E-state index contributed by atoms with van der Waals surface area (Å²) >= 11 is 0. The van der Waals surface area contributed by atoms with E-state index >= 15 is 0 Å². The number of pyridine rings is 1. The number of aromatic amines is 1. The van der Waals surface area contributed by atoms with Crippen molar-refractivity contribution in [2.24, 2.45) is 0 Å². The Morgan fingerprint density at radius 3 is 2.83 bits per heavy atom. The lowest BCUT2D eigenvalue weighted by Crippen LogP contribution is -2.09. The number of anilines is 1. The third-order valence-corrected chi connectivity index (χ3v) is 4.01. The second-order valence-corrected chi connectivity index (χ2v) is 5.53. The minimum absolute atomic E-state index is 0.129. The molecule has 0 amide bonds. The zero-order chi connectivity index (χ0) is 16.4. The van der Waals surface area contributed by atoms with Crippen LogP contribution in [-0.2, 0) is 0 Å².